The normalized spacial score (nSPS) is 14.7. The van der Waals surface area contributed by atoms with Crippen LogP contribution in [0.2, 0.25) is 0 Å². The fourth-order valence-electron chi connectivity index (χ4n) is 3.51. The van der Waals surface area contributed by atoms with Crippen molar-refractivity contribution in [3.05, 3.63) is 48.3 Å². The molecular formula is C22H24FN3O3S. The monoisotopic (exact) mass is 429 g/mol. The van der Waals surface area contributed by atoms with Crippen LogP contribution in [-0.4, -0.2) is 44.2 Å². The Morgan fingerprint density at radius 2 is 1.93 bits per heavy atom. The van der Waals surface area contributed by atoms with Crippen LogP contribution >= 0.6 is 11.3 Å². The summed E-state index contributed by atoms with van der Waals surface area (Å²) in [5, 5.41) is 3.93. The van der Waals surface area contributed by atoms with Gasteiger partial charge in [-0.1, -0.05) is 11.3 Å². The van der Waals surface area contributed by atoms with Gasteiger partial charge in [-0.2, -0.15) is 0 Å². The lowest BCUT2D eigenvalue weighted by Crippen LogP contribution is -2.41. The Labute approximate surface area is 178 Å². The number of aromatic nitrogens is 1. The zero-order valence-electron chi connectivity index (χ0n) is 16.8. The number of carbonyl (C=O) groups is 1. The maximum Gasteiger partial charge on any atom is 0.223 e. The van der Waals surface area contributed by atoms with Crippen LogP contribution in [0.4, 0.5) is 9.52 Å². The number of methoxy groups -OCH3 is 1. The molecule has 1 saturated heterocycles. The van der Waals surface area contributed by atoms with Gasteiger partial charge < -0.3 is 19.7 Å². The highest BCUT2D eigenvalue weighted by molar-refractivity contribution is 7.22. The number of rotatable bonds is 7. The molecule has 30 heavy (non-hydrogen) atoms. The summed E-state index contributed by atoms with van der Waals surface area (Å²) in [5.41, 5.74) is 0.969. The molecular weight excluding hydrogens is 405 g/mol. The number of benzene rings is 2. The predicted octanol–water partition coefficient (Wildman–Crippen LogP) is 3.86. The van der Waals surface area contributed by atoms with E-state index in [-0.39, 0.29) is 17.6 Å². The van der Waals surface area contributed by atoms with Gasteiger partial charge in [-0.05, 0) is 55.3 Å². The third-order valence-electron chi connectivity index (χ3n) is 5.20. The Hall–Kier alpha value is -2.87. The maximum absolute atomic E-state index is 12.9. The van der Waals surface area contributed by atoms with E-state index in [2.05, 4.69) is 10.2 Å². The molecule has 6 nitrogen and oxygen atoms in total. The average molecular weight is 430 g/mol. The number of ether oxygens (including phenoxy) is 2. The van der Waals surface area contributed by atoms with Crippen LogP contribution in [0.3, 0.4) is 0 Å². The number of piperidine rings is 1. The Bertz CT molecular complexity index is 1000. The van der Waals surface area contributed by atoms with Crippen molar-refractivity contribution in [1.82, 2.24) is 10.3 Å². The van der Waals surface area contributed by atoms with Gasteiger partial charge in [0.25, 0.3) is 0 Å². The molecule has 1 aromatic heterocycles. The van der Waals surface area contributed by atoms with E-state index in [9.17, 15) is 9.18 Å². The highest BCUT2D eigenvalue weighted by Crippen LogP contribution is 2.33. The van der Waals surface area contributed by atoms with Crippen LogP contribution in [-0.2, 0) is 4.79 Å². The van der Waals surface area contributed by atoms with Gasteiger partial charge in [0.15, 0.2) is 5.13 Å². The molecule has 1 fully saturated rings. The summed E-state index contributed by atoms with van der Waals surface area (Å²) in [6, 6.07) is 11.7. The molecule has 4 rings (SSSR count). The van der Waals surface area contributed by atoms with Crippen molar-refractivity contribution in [3.63, 3.8) is 0 Å². The van der Waals surface area contributed by atoms with Crippen molar-refractivity contribution >= 4 is 32.6 Å². The quantitative estimate of drug-likeness (QED) is 0.578. The summed E-state index contributed by atoms with van der Waals surface area (Å²) in [6.07, 6.45) is 1.59. The summed E-state index contributed by atoms with van der Waals surface area (Å²) in [6.45, 7) is 2.39. The van der Waals surface area contributed by atoms with E-state index in [0.717, 1.165) is 47.0 Å². The third kappa shape index (κ3) is 4.81. The number of fused-ring (bicyclic) bond motifs is 1. The number of nitrogens with zero attached hydrogens (tertiary/aromatic N) is 2. The highest BCUT2D eigenvalue weighted by Gasteiger charge is 2.26. The van der Waals surface area contributed by atoms with Crippen LogP contribution in [0.25, 0.3) is 10.2 Å². The summed E-state index contributed by atoms with van der Waals surface area (Å²) in [4.78, 5) is 19.4. The van der Waals surface area contributed by atoms with Crippen LogP contribution in [0.1, 0.15) is 12.8 Å². The van der Waals surface area contributed by atoms with Gasteiger partial charge in [0.1, 0.15) is 23.9 Å². The van der Waals surface area contributed by atoms with Gasteiger partial charge in [-0.3, -0.25) is 4.79 Å². The summed E-state index contributed by atoms with van der Waals surface area (Å²) < 4.78 is 24.8. The first-order valence-electron chi connectivity index (χ1n) is 9.98. The Morgan fingerprint density at radius 3 is 2.67 bits per heavy atom. The highest BCUT2D eigenvalue weighted by atomic mass is 32.1. The lowest BCUT2D eigenvalue weighted by molar-refractivity contribution is -0.125. The Morgan fingerprint density at radius 1 is 1.20 bits per heavy atom. The number of thiazole rings is 1. The number of amides is 1. The molecule has 2 aromatic carbocycles. The van der Waals surface area contributed by atoms with Crippen LogP contribution in [0.15, 0.2) is 42.5 Å². The first-order chi connectivity index (χ1) is 14.6. The SMILES string of the molecule is COc1ccc2nc(N3CCC(C(=O)NCCOc4ccc(F)cc4)CC3)sc2c1. The molecule has 2 heterocycles. The van der Waals surface area contributed by atoms with Gasteiger partial charge in [0, 0.05) is 19.0 Å². The van der Waals surface area contributed by atoms with E-state index in [1.165, 1.54) is 12.1 Å². The van der Waals surface area contributed by atoms with E-state index in [0.29, 0.717) is 18.9 Å². The molecule has 0 spiro atoms. The van der Waals surface area contributed by atoms with Gasteiger partial charge in [-0.25, -0.2) is 9.37 Å². The van der Waals surface area contributed by atoms with Crippen LogP contribution in [0.5, 0.6) is 11.5 Å². The zero-order chi connectivity index (χ0) is 20.9. The molecule has 1 amide bonds. The molecule has 158 valence electrons. The first-order valence-corrected chi connectivity index (χ1v) is 10.8. The van der Waals surface area contributed by atoms with Crippen LogP contribution in [0, 0.1) is 11.7 Å². The van der Waals surface area contributed by atoms with Gasteiger partial charge in [0.2, 0.25) is 5.91 Å². The molecule has 3 aromatic rings. The molecule has 0 unspecified atom stereocenters. The zero-order valence-corrected chi connectivity index (χ0v) is 17.6. The van der Waals surface area contributed by atoms with E-state index in [1.54, 1.807) is 30.6 Å². The summed E-state index contributed by atoms with van der Waals surface area (Å²) in [5.74, 6) is 1.18. The van der Waals surface area contributed by atoms with E-state index >= 15 is 0 Å². The number of carbonyl (C=O) groups excluding carboxylic acids is 1. The van der Waals surface area contributed by atoms with E-state index in [1.807, 2.05) is 18.2 Å². The second kappa shape index (κ2) is 9.30. The molecule has 0 bridgehead atoms. The number of hydrogen-bond donors (Lipinski definition) is 1. The molecule has 1 aliphatic rings. The molecule has 1 N–H and O–H groups in total. The van der Waals surface area contributed by atoms with Gasteiger partial charge in [-0.15, -0.1) is 0 Å². The number of halogens is 1. The predicted molar refractivity (Wildman–Crippen MR) is 116 cm³/mol. The number of nitrogens with one attached hydrogen (secondary N) is 1. The molecule has 1 aliphatic heterocycles. The molecule has 0 atom stereocenters. The van der Waals surface area contributed by atoms with Gasteiger partial charge >= 0.3 is 0 Å². The Balaban J connectivity index is 1.23. The molecule has 8 heteroatoms. The van der Waals surface area contributed by atoms with Crippen molar-refractivity contribution in [1.29, 1.82) is 0 Å². The maximum atomic E-state index is 12.9. The molecule has 0 radical (unpaired) electrons. The molecule has 0 aliphatic carbocycles. The largest absolute Gasteiger partial charge is 0.497 e. The number of hydrogen-bond acceptors (Lipinski definition) is 6. The van der Waals surface area contributed by atoms with Crippen molar-refractivity contribution in [2.45, 2.75) is 12.8 Å². The lowest BCUT2D eigenvalue weighted by atomic mass is 9.96. The van der Waals surface area contributed by atoms with Crippen LogP contribution < -0.4 is 19.7 Å². The average Bonchev–Trinajstić information content (AvgIpc) is 3.21. The minimum atomic E-state index is -0.299. The minimum Gasteiger partial charge on any atom is -0.497 e. The van der Waals surface area contributed by atoms with Gasteiger partial charge in [0.05, 0.1) is 23.9 Å². The number of anilines is 1. The summed E-state index contributed by atoms with van der Waals surface area (Å²) >= 11 is 1.65. The third-order valence-corrected chi connectivity index (χ3v) is 6.28. The second-order valence-electron chi connectivity index (χ2n) is 7.18. The summed E-state index contributed by atoms with van der Waals surface area (Å²) in [7, 11) is 1.66. The fraction of sp³-hybridized carbons (Fsp3) is 0.364. The first kappa shape index (κ1) is 20.4. The van der Waals surface area contributed by atoms with Crippen molar-refractivity contribution < 1.29 is 18.7 Å². The standard InChI is InChI=1S/C22H24FN3O3S/c1-28-18-6-7-19-20(14-18)30-22(25-19)26-11-8-15(9-12-26)21(27)24-10-13-29-17-4-2-16(23)3-5-17/h2-7,14-15H,8-13H2,1H3,(H,24,27). The van der Waals surface area contributed by atoms with Crippen molar-refractivity contribution in [3.8, 4) is 11.5 Å². The topological polar surface area (TPSA) is 63.7 Å². The van der Waals surface area contributed by atoms with E-state index in [4.69, 9.17) is 14.5 Å². The van der Waals surface area contributed by atoms with Crippen molar-refractivity contribution in [2.75, 3.05) is 38.3 Å². The lowest BCUT2D eigenvalue weighted by Gasteiger charge is -2.31. The fourth-order valence-corrected chi connectivity index (χ4v) is 4.55. The minimum absolute atomic E-state index is 0.00143. The van der Waals surface area contributed by atoms with Crippen molar-refractivity contribution in [2.24, 2.45) is 5.92 Å². The smallest absolute Gasteiger partial charge is 0.223 e. The Kier molecular flexibility index (Phi) is 6.32. The second-order valence-corrected chi connectivity index (χ2v) is 8.19. The molecule has 0 saturated carbocycles. The van der Waals surface area contributed by atoms with E-state index < -0.39 is 0 Å².